The Morgan fingerprint density at radius 1 is 0.789 bits per heavy atom. The van der Waals surface area contributed by atoms with Gasteiger partial charge in [-0.05, 0) is 49.6 Å². The average molecular weight is 254 g/mol. The monoisotopic (exact) mass is 254 g/mol. The molecule has 1 heterocycles. The molecule has 2 aromatic rings. The number of aryl methyl sites for hydroxylation is 3. The summed E-state index contributed by atoms with van der Waals surface area (Å²) in [5.41, 5.74) is 6.09. The third-order valence-corrected chi connectivity index (χ3v) is 3.46. The molecule has 0 aromatic heterocycles. The smallest absolute Gasteiger partial charge is 0.169 e. The van der Waals surface area contributed by atoms with Gasteiger partial charge in [-0.1, -0.05) is 23.8 Å². The van der Waals surface area contributed by atoms with E-state index in [2.05, 4.69) is 45.0 Å². The zero-order valence-electron chi connectivity index (χ0n) is 11.6. The van der Waals surface area contributed by atoms with E-state index in [9.17, 15) is 0 Å². The van der Waals surface area contributed by atoms with Crippen molar-refractivity contribution in [2.45, 2.75) is 20.8 Å². The van der Waals surface area contributed by atoms with Gasteiger partial charge >= 0.3 is 0 Å². The Morgan fingerprint density at radius 2 is 1.58 bits per heavy atom. The summed E-state index contributed by atoms with van der Waals surface area (Å²) in [7, 11) is 0. The van der Waals surface area contributed by atoms with Gasteiger partial charge in [-0.3, -0.25) is 0 Å². The minimum Gasteiger partial charge on any atom is -0.486 e. The maximum absolute atomic E-state index is 5.82. The lowest BCUT2D eigenvalue weighted by molar-refractivity contribution is 0.172. The van der Waals surface area contributed by atoms with Gasteiger partial charge in [0.2, 0.25) is 0 Å². The molecule has 1 aliphatic heterocycles. The van der Waals surface area contributed by atoms with E-state index >= 15 is 0 Å². The summed E-state index contributed by atoms with van der Waals surface area (Å²) in [6.45, 7) is 7.59. The maximum atomic E-state index is 5.82. The van der Waals surface area contributed by atoms with Gasteiger partial charge in [0.05, 0.1) is 0 Å². The van der Waals surface area contributed by atoms with Crippen LogP contribution in [0.25, 0.3) is 11.1 Å². The lowest BCUT2D eigenvalue weighted by Crippen LogP contribution is -2.16. The molecule has 0 fully saturated rings. The molecule has 0 unspecified atom stereocenters. The number of fused-ring (bicyclic) bond motifs is 1. The van der Waals surface area contributed by atoms with Gasteiger partial charge in [0, 0.05) is 5.56 Å². The van der Waals surface area contributed by atoms with Crippen LogP contribution in [0.2, 0.25) is 0 Å². The topological polar surface area (TPSA) is 18.5 Å². The Morgan fingerprint density at radius 3 is 2.37 bits per heavy atom. The Hall–Kier alpha value is -1.96. The molecular weight excluding hydrogens is 236 g/mol. The van der Waals surface area contributed by atoms with Crippen LogP contribution in [-0.4, -0.2) is 13.2 Å². The van der Waals surface area contributed by atoms with Gasteiger partial charge in [0.1, 0.15) is 13.2 Å². The van der Waals surface area contributed by atoms with Crippen LogP contribution in [-0.2, 0) is 0 Å². The first kappa shape index (κ1) is 12.1. The van der Waals surface area contributed by atoms with Crippen molar-refractivity contribution in [2.24, 2.45) is 0 Å². The maximum Gasteiger partial charge on any atom is 0.169 e. The normalized spacial score (nSPS) is 13.4. The molecule has 0 amide bonds. The largest absolute Gasteiger partial charge is 0.486 e. The van der Waals surface area contributed by atoms with E-state index in [1.165, 1.54) is 22.3 Å². The highest BCUT2D eigenvalue weighted by atomic mass is 16.6. The fourth-order valence-corrected chi connectivity index (χ4v) is 2.61. The minimum absolute atomic E-state index is 0.619. The van der Waals surface area contributed by atoms with Crippen molar-refractivity contribution in [3.8, 4) is 22.6 Å². The first-order valence-electron chi connectivity index (χ1n) is 6.63. The van der Waals surface area contributed by atoms with Crippen molar-refractivity contribution in [1.82, 2.24) is 0 Å². The van der Waals surface area contributed by atoms with E-state index in [4.69, 9.17) is 9.47 Å². The summed E-state index contributed by atoms with van der Waals surface area (Å²) >= 11 is 0. The molecule has 0 spiro atoms. The molecule has 19 heavy (non-hydrogen) atoms. The number of ether oxygens (including phenoxy) is 2. The zero-order chi connectivity index (χ0) is 13.4. The number of rotatable bonds is 1. The summed E-state index contributed by atoms with van der Waals surface area (Å²) in [5, 5.41) is 0. The van der Waals surface area contributed by atoms with Crippen LogP contribution in [0, 0.1) is 20.8 Å². The Labute approximate surface area is 114 Å². The highest BCUT2D eigenvalue weighted by molar-refractivity contribution is 5.77. The standard InChI is InChI=1S/C17H18O2/c1-11-4-5-14(13(3)8-11)15-9-12(2)10-16-17(15)19-7-6-18-16/h4-5,8-10H,6-7H2,1-3H3. The predicted octanol–water partition coefficient (Wildman–Crippen LogP) is 4.05. The van der Waals surface area contributed by atoms with Crippen molar-refractivity contribution >= 4 is 0 Å². The van der Waals surface area contributed by atoms with Gasteiger partial charge in [0.25, 0.3) is 0 Å². The van der Waals surface area contributed by atoms with E-state index in [0.29, 0.717) is 13.2 Å². The highest BCUT2D eigenvalue weighted by Crippen LogP contribution is 2.42. The average Bonchev–Trinajstić information content (AvgIpc) is 2.38. The molecule has 0 aliphatic carbocycles. The van der Waals surface area contributed by atoms with E-state index < -0.39 is 0 Å². The van der Waals surface area contributed by atoms with Crippen molar-refractivity contribution in [1.29, 1.82) is 0 Å². The molecule has 3 rings (SSSR count). The molecule has 0 radical (unpaired) electrons. The second-order valence-corrected chi connectivity index (χ2v) is 5.16. The quantitative estimate of drug-likeness (QED) is 0.764. The number of hydrogen-bond donors (Lipinski definition) is 0. The summed E-state index contributed by atoms with van der Waals surface area (Å²) in [6, 6.07) is 10.7. The van der Waals surface area contributed by atoms with E-state index in [-0.39, 0.29) is 0 Å². The lowest BCUT2D eigenvalue weighted by Gasteiger charge is -2.22. The van der Waals surface area contributed by atoms with E-state index in [0.717, 1.165) is 17.1 Å². The van der Waals surface area contributed by atoms with Crippen molar-refractivity contribution in [3.63, 3.8) is 0 Å². The Kier molecular flexibility index (Phi) is 2.94. The van der Waals surface area contributed by atoms with Crippen LogP contribution in [0.3, 0.4) is 0 Å². The SMILES string of the molecule is Cc1ccc(-c2cc(C)cc3c2OCCO3)c(C)c1. The third kappa shape index (κ3) is 2.19. The van der Waals surface area contributed by atoms with Crippen LogP contribution >= 0.6 is 0 Å². The molecular formula is C17H18O2. The van der Waals surface area contributed by atoms with Gasteiger partial charge in [-0.15, -0.1) is 0 Å². The Bertz CT molecular complexity index is 629. The molecule has 2 nitrogen and oxygen atoms in total. The summed E-state index contributed by atoms with van der Waals surface area (Å²) in [5.74, 6) is 1.74. The van der Waals surface area contributed by atoms with Crippen LogP contribution in [0.4, 0.5) is 0 Å². The first-order chi connectivity index (χ1) is 9.15. The summed E-state index contributed by atoms with van der Waals surface area (Å²) < 4.78 is 11.5. The van der Waals surface area contributed by atoms with Crippen molar-refractivity contribution < 1.29 is 9.47 Å². The molecule has 0 saturated heterocycles. The van der Waals surface area contributed by atoms with Crippen LogP contribution in [0.5, 0.6) is 11.5 Å². The van der Waals surface area contributed by atoms with Gasteiger partial charge in [0.15, 0.2) is 11.5 Å². The predicted molar refractivity (Wildman–Crippen MR) is 77.1 cm³/mol. The summed E-state index contributed by atoms with van der Waals surface area (Å²) in [4.78, 5) is 0. The fraction of sp³-hybridized carbons (Fsp3) is 0.294. The van der Waals surface area contributed by atoms with Gasteiger partial charge in [-0.2, -0.15) is 0 Å². The third-order valence-electron chi connectivity index (χ3n) is 3.46. The van der Waals surface area contributed by atoms with E-state index in [1.807, 2.05) is 6.07 Å². The molecule has 2 aromatic carbocycles. The fourth-order valence-electron chi connectivity index (χ4n) is 2.61. The molecule has 0 atom stereocenters. The molecule has 1 aliphatic rings. The van der Waals surface area contributed by atoms with Gasteiger partial charge in [-0.25, -0.2) is 0 Å². The summed E-state index contributed by atoms with van der Waals surface area (Å²) in [6.07, 6.45) is 0. The van der Waals surface area contributed by atoms with Crippen LogP contribution < -0.4 is 9.47 Å². The molecule has 98 valence electrons. The second-order valence-electron chi connectivity index (χ2n) is 5.16. The van der Waals surface area contributed by atoms with Gasteiger partial charge < -0.3 is 9.47 Å². The van der Waals surface area contributed by atoms with Crippen molar-refractivity contribution in [3.05, 3.63) is 47.0 Å². The van der Waals surface area contributed by atoms with Crippen LogP contribution in [0.1, 0.15) is 16.7 Å². The van der Waals surface area contributed by atoms with Crippen molar-refractivity contribution in [2.75, 3.05) is 13.2 Å². The second kappa shape index (κ2) is 4.61. The molecule has 2 heteroatoms. The van der Waals surface area contributed by atoms with Crippen LogP contribution in [0.15, 0.2) is 30.3 Å². The molecule has 0 saturated carbocycles. The minimum atomic E-state index is 0.619. The lowest BCUT2D eigenvalue weighted by atomic mass is 9.96. The number of benzene rings is 2. The molecule has 0 N–H and O–H groups in total. The zero-order valence-corrected chi connectivity index (χ0v) is 11.6. The first-order valence-corrected chi connectivity index (χ1v) is 6.63. The highest BCUT2D eigenvalue weighted by Gasteiger charge is 2.18. The Balaban J connectivity index is 2.21. The number of hydrogen-bond acceptors (Lipinski definition) is 2. The molecule has 0 bridgehead atoms. The van der Waals surface area contributed by atoms with E-state index in [1.54, 1.807) is 0 Å².